The Hall–Kier alpha value is -1.49. The Labute approximate surface area is 133 Å². The van der Waals surface area contributed by atoms with Crippen LogP contribution in [0.4, 0.5) is 8.78 Å². The second-order valence-electron chi connectivity index (χ2n) is 6.08. The molecule has 0 aromatic heterocycles. The van der Waals surface area contributed by atoms with Crippen LogP contribution in [0.1, 0.15) is 44.7 Å². The minimum absolute atomic E-state index is 0.166. The van der Waals surface area contributed by atoms with Crippen LogP contribution in [0, 0.1) is 17.0 Å². The van der Waals surface area contributed by atoms with Gasteiger partial charge in [0.1, 0.15) is 11.6 Å². The maximum Gasteiger partial charge on any atom is 0.248 e. The number of carbonyl (C=O) groups excluding carboxylic acids is 1. The molecule has 0 spiro atoms. The molecular weight excluding hydrogens is 310 g/mol. The molecule has 1 unspecified atom stereocenters. The van der Waals surface area contributed by atoms with Crippen molar-refractivity contribution in [2.45, 2.75) is 39.2 Å². The predicted octanol–water partition coefficient (Wildman–Crippen LogP) is 4.27. The molecule has 0 aliphatic carbocycles. The number of benzene rings is 1. The highest BCUT2D eigenvalue weighted by atomic mass is 35.5. The van der Waals surface area contributed by atoms with Gasteiger partial charge in [0.15, 0.2) is 0 Å². The first-order valence-electron chi connectivity index (χ1n) is 7.23. The SMILES string of the molecule is CC(C)(CCCCl)C(=O)N1N=CCC1c1cc(F)cc(F)c1. The van der Waals surface area contributed by atoms with E-state index in [1.165, 1.54) is 17.1 Å². The van der Waals surface area contributed by atoms with Crippen molar-refractivity contribution in [3.63, 3.8) is 0 Å². The summed E-state index contributed by atoms with van der Waals surface area (Å²) < 4.78 is 26.8. The van der Waals surface area contributed by atoms with Crippen molar-refractivity contribution in [3.8, 4) is 0 Å². The van der Waals surface area contributed by atoms with Crippen molar-refractivity contribution in [1.29, 1.82) is 0 Å². The normalized spacial score (nSPS) is 18.0. The molecule has 0 fully saturated rings. The van der Waals surface area contributed by atoms with E-state index in [0.29, 0.717) is 24.3 Å². The van der Waals surface area contributed by atoms with E-state index in [2.05, 4.69) is 5.10 Å². The fourth-order valence-corrected chi connectivity index (χ4v) is 2.71. The van der Waals surface area contributed by atoms with E-state index < -0.39 is 23.1 Å². The van der Waals surface area contributed by atoms with Gasteiger partial charge in [0.2, 0.25) is 5.91 Å². The van der Waals surface area contributed by atoms with Crippen LogP contribution in [0.3, 0.4) is 0 Å². The Morgan fingerprint density at radius 3 is 2.59 bits per heavy atom. The molecule has 0 radical (unpaired) electrons. The Kier molecular flexibility index (Phi) is 5.16. The first-order valence-corrected chi connectivity index (χ1v) is 7.76. The summed E-state index contributed by atoms with van der Waals surface area (Å²) in [6, 6.07) is 2.84. The van der Waals surface area contributed by atoms with Crippen molar-refractivity contribution < 1.29 is 13.6 Å². The number of hydrazone groups is 1. The lowest BCUT2D eigenvalue weighted by atomic mass is 9.86. The van der Waals surface area contributed by atoms with Crippen LogP contribution < -0.4 is 0 Å². The molecule has 1 aliphatic rings. The van der Waals surface area contributed by atoms with Crippen LogP contribution in [0.5, 0.6) is 0 Å². The predicted molar refractivity (Wildman–Crippen MR) is 82.8 cm³/mol. The molecule has 0 bridgehead atoms. The fourth-order valence-electron chi connectivity index (χ4n) is 2.58. The first-order chi connectivity index (χ1) is 10.3. The molecule has 1 aromatic rings. The fraction of sp³-hybridized carbons (Fsp3) is 0.500. The van der Waals surface area contributed by atoms with Crippen molar-refractivity contribution >= 4 is 23.7 Å². The summed E-state index contributed by atoms with van der Waals surface area (Å²) in [6.07, 6.45) is 3.39. The Balaban J connectivity index is 2.22. The van der Waals surface area contributed by atoms with Crippen molar-refractivity contribution in [1.82, 2.24) is 5.01 Å². The molecule has 0 saturated carbocycles. The number of hydrogen-bond acceptors (Lipinski definition) is 2. The molecule has 2 rings (SSSR count). The number of alkyl halides is 1. The number of rotatable bonds is 5. The van der Waals surface area contributed by atoms with E-state index in [-0.39, 0.29) is 5.91 Å². The smallest absolute Gasteiger partial charge is 0.248 e. The first kappa shape index (κ1) is 16.9. The molecule has 1 heterocycles. The average molecular weight is 329 g/mol. The van der Waals surface area contributed by atoms with E-state index in [9.17, 15) is 13.6 Å². The van der Waals surface area contributed by atoms with Crippen molar-refractivity contribution in [2.75, 3.05) is 5.88 Å². The van der Waals surface area contributed by atoms with Crippen LogP contribution in [0.25, 0.3) is 0 Å². The van der Waals surface area contributed by atoms with Gasteiger partial charge in [-0.05, 0) is 30.5 Å². The molecule has 0 N–H and O–H groups in total. The van der Waals surface area contributed by atoms with Gasteiger partial charge in [0.05, 0.1) is 6.04 Å². The third-order valence-corrected chi connectivity index (χ3v) is 4.09. The Bertz CT molecular complexity index is 569. The zero-order valence-corrected chi connectivity index (χ0v) is 13.4. The van der Waals surface area contributed by atoms with Gasteiger partial charge >= 0.3 is 0 Å². The van der Waals surface area contributed by atoms with Gasteiger partial charge in [-0.3, -0.25) is 4.79 Å². The Morgan fingerprint density at radius 1 is 1.36 bits per heavy atom. The highest BCUT2D eigenvalue weighted by Gasteiger charge is 2.37. The van der Waals surface area contributed by atoms with Crippen molar-refractivity contribution in [3.05, 3.63) is 35.4 Å². The van der Waals surface area contributed by atoms with Gasteiger partial charge in [0, 0.05) is 30.0 Å². The van der Waals surface area contributed by atoms with Gasteiger partial charge < -0.3 is 0 Å². The summed E-state index contributed by atoms with van der Waals surface area (Å²) in [6.45, 7) is 3.66. The highest BCUT2D eigenvalue weighted by Crippen LogP contribution is 2.35. The molecule has 1 aromatic carbocycles. The number of halogens is 3. The van der Waals surface area contributed by atoms with Gasteiger partial charge in [-0.15, -0.1) is 11.6 Å². The molecule has 22 heavy (non-hydrogen) atoms. The number of nitrogens with zero attached hydrogens (tertiary/aromatic N) is 2. The number of hydrogen-bond donors (Lipinski definition) is 0. The van der Waals surface area contributed by atoms with Gasteiger partial charge in [-0.2, -0.15) is 5.10 Å². The largest absolute Gasteiger partial charge is 0.272 e. The van der Waals surface area contributed by atoms with Gasteiger partial charge in [0.25, 0.3) is 0 Å². The summed E-state index contributed by atoms with van der Waals surface area (Å²) in [4.78, 5) is 12.7. The highest BCUT2D eigenvalue weighted by molar-refractivity contribution is 6.17. The van der Waals surface area contributed by atoms with E-state index in [0.717, 1.165) is 12.5 Å². The van der Waals surface area contributed by atoms with Crippen LogP contribution in [0.15, 0.2) is 23.3 Å². The van der Waals surface area contributed by atoms with Crippen LogP contribution in [-0.4, -0.2) is 23.0 Å². The van der Waals surface area contributed by atoms with E-state index in [1.54, 1.807) is 6.21 Å². The monoisotopic (exact) mass is 328 g/mol. The lowest BCUT2D eigenvalue weighted by molar-refractivity contribution is -0.142. The summed E-state index contributed by atoms with van der Waals surface area (Å²) >= 11 is 5.69. The summed E-state index contributed by atoms with van der Waals surface area (Å²) in [5.41, 5.74) is -0.211. The average Bonchev–Trinajstić information content (AvgIpc) is 2.92. The number of amides is 1. The third-order valence-electron chi connectivity index (χ3n) is 3.82. The van der Waals surface area contributed by atoms with Crippen LogP contribution in [0.2, 0.25) is 0 Å². The minimum Gasteiger partial charge on any atom is -0.272 e. The molecule has 1 aliphatic heterocycles. The summed E-state index contributed by atoms with van der Waals surface area (Å²) in [7, 11) is 0. The lowest BCUT2D eigenvalue weighted by Crippen LogP contribution is -2.38. The van der Waals surface area contributed by atoms with Gasteiger partial charge in [-0.25, -0.2) is 13.8 Å². The van der Waals surface area contributed by atoms with E-state index >= 15 is 0 Å². The van der Waals surface area contributed by atoms with E-state index in [1.807, 2.05) is 13.8 Å². The lowest BCUT2D eigenvalue weighted by Gasteiger charge is -2.31. The van der Waals surface area contributed by atoms with Gasteiger partial charge in [-0.1, -0.05) is 13.8 Å². The standard InChI is InChI=1S/C16H19ClF2N2O/c1-16(2,5-3-6-17)15(22)21-14(4-7-20-21)11-8-12(18)10-13(19)9-11/h7-10,14H,3-6H2,1-2H3. The zero-order valence-electron chi connectivity index (χ0n) is 12.7. The summed E-state index contributed by atoms with van der Waals surface area (Å²) in [5.74, 6) is -0.995. The molecule has 3 nitrogen and oxygen atoms in total. The van der Waals surface area contributed by atoms with E-state index in [4.69, 9.17) is 11.6 Å². The quantitative estimate of drug-likeness (QED) is 0.743. The van der Waals surface area contributed by atoms with Crippen LogP contribution >= 0.6 is 11.6 Å². The second kappa shape index (κ2) is 6.73. The molecule has 0 saturated heterocycles. The third kappa shape index (κ3) is 3.64. The van der Waals surface area contributed by atoms with Crippen LogP contribution in [-0.2, 0) is 4.79 Å². The zero-order chi connectivity index (χ0) is 16.3. The maximum atomic E-state index is 13.4. The Morgan fingerprint density at radius 2 is 2.00 bits per heavy atom. The number of carbonyl (C=O) groups is 1. The van der Waals surface area contributed by atoms with Crippen molar-refractivity contribution in [2.24, 2.45) is 10.5 Å². The molecule has 120 valence electrons. The molecule has 6 heteroatoms. The topological polar surface area (TPSA) is 32.7 Å². The minimum atomic E-state index is -0.657. The summed E-state index contributed by atoms with van der Waals surface area (Å²) in [5, 5.41) is 5.44. The second-order valence-corrected chi connectivity index (χ2v) is 6.46. The molecular formula is C16H19ClF2N2O. The maximum absolute atomic E-state index is 13.4. The molecule has 1 atom stereocenters. The molecule has 1 amide bonds.